The standard InChI is InChI=1S/C14H27NO5/c1-4-5-6-19-14-11(15-7-9(2)3)13(18)12(17)10(8-16)20-14/h10-18H,2,4-8H2,1,3H3/t10-,11+,12-,13-,14+/m1/s1. The normalized spacial score (nSPS) is 34.1. The summed E-state index contributed by atoms with van der Waals surface area (Å²) in [6, 6.07) is -0.554. The zero-order chi connectivity index (χ0) is 15.1. The monoisotopic (exact) mass is 289 g/mol. The summed E-state index contributed by atoms with van der Waals surface area (Å²) < 4.78 is 11.2. The largest absolute Gasteiger partial charge is 0.394 e. The van der Waals surface area contributed by atoms with E-state index in [1.807, 2.05) is 6.92 Å². The minimum atomic E-state index is -1.14. The van der Waals surface area contributed by atoms with Crippen molar-refractivity contribution in [1.82, 2.24) is 5.32 Å². The second-order valence-electron chi connectivity index (χ2n) is 5.29. The van der Waals surface area contributed by atoms with E-state index in [0.717, 1.165) is 18.4 Å². The van der Waals surface area contributed by atoms with Crippen molar-refractivity contribution in [3.8, 4) is 0 Å². The Bertz CT molecular complexity index is 299. The number of aliphatic hydroxyl groups is 3. The van der Waals surface area contributed by atoms with Gasteiger partial charge in [0.25, 0.3) is 0 Å². The van der Waals surface area contributed by atoms with E-state index in [1.54, 1.807) is 0 Å². The first kappa shape index (κ1) is 17.6. The predicted octanol–water partition coefficient (Wildman–Crippen LogP) is -0.224. The first-order valence-electron chi connectivity index (χ1n) is 7.13. The molecule has 0 spiro atoms. The fourth-order valence-electron chi connectivity index (χ4n) is 2.08. The third kappa shape index (κ3) is 4.80. The molecule has 0 amide bonds. The van der Waals surface area contributed by atoms with Crippen molar-refractivity contribution >= 4 is 0 Å². The van der Waals surface area contributed by atoms with E-state index in [9.17, 15) is 15.3 Å². The lowest BCUT2D eigenvalue weighted by molar-refractivity contribution is -0.270. The fourth-order valence-corrected chi connectivity index (χ4v) is 2.08. The summed E-state index contributed by atoms with van der Waals surface area (Å²) in [4.78, 5) is 0. The SMILES string of the molecule is C=C(C)CN[C@@H]1[C@@H](OCCCC)O[C@H](CO)[C@@H](O)[C@@H]1O. The molecule has 1 heterocycles. The van der Waals surface area contributed by atoms with Gasteiger partial charge < -0.3 is 30.1 Å². The van der Waals surface area contributed by atoms with Crippen LogP contribution < -0.4 is 5.32 Å². The summed E-state index contributed by atoms with van der Waals surface area (Å²) in [6.45, 7) is 8.34. The predicted molar refractivity (Wildman–Crippen MR) is 75.2 cm³/mol. The van der Waals surface area contributed by atoms with E-state index in [-0.39, 0.29) is 6.61 Å². The highest BCUT2D eigenvalue weighted by Gasteiger charge is 2.44. The van der Waals surface area contributed by atoms with E-state index >= 15 is 0 Å². The average Bonchev–Trinajstić information content (AvgIpc) is 2.41. The molecule has 0 aliphatic carbocycles. The van der Waals surface area contributed by atoms with E-state index < -0.39 is 30.6 Å². The van der Waals surface area contributed by atoms with Crippen molar-refractivity contribution in [1.29, 1.82) is 0 Å². The Hall–Kier alpha value is -0.500. The highest BCUT2D eigenvalue weighted by atomic mass is 16.7. The molecule has 6 heteroatoms. The molecule has 1 aliphatic heterocycles. The van der Waals surface area contributed by atoms with Gasteiger partial charge in [-0.25, -0.2) is 0 Å². The third-order valence-corrected chi connectivity index (χ3v) is 3.30. The van der Waals surface area contributed by atoms with Crippen LogP contribution in [-0.4, -0.2) is 65.7 Å². The van der Waals surface area contributed by atoms with Crippen molar-refractivity contribution in [2.24, 2.45) is 0 Å². The van der Waals surface area contributed by atoms with Gasteiger partial charge in [0, 0.05) is 13.2 Å². The average molecular weight is 289 g/mol. The Morgan fingerprint density at radius 1 is 1.35 bits per heavy atom. The summed E-state index contributed by atoms with van der Waals surface area (Å²) in [5.41, 5.74) is 0.906. The van der Waals surface area contributed by atoms with Crippen molar-refractivity contribution in [2.45, 2.75) is 57.3 Å². The van der Waals surface area contributed by atoms with E-state index in [4.69, 9.17) is 9.47 Å². The number of rotatable bonds is 8. The molecule has 0 aromatic heterocycles. The maximum absolute atomic E-state index is 10.2. The summed E-state index contributed by atoms with van der Waals surface area (Å²) in [7, 11) is 0. The minimum absolute atomic E-state index is 0.362. The number of ether oxygens (including phenoxy) is 2. The number of hydrogen-bond acceptors (Lipinski definition) is 6. The maximum atomic E-state index is 10.2. The molecule has 118 valence electrons. The molecule has 1 aliphatic rings. The van der Waals surface area contributed by atoms with Crippen molar-refractivity contribution in [2.75, 3.05) is 19.8 Å². The van der Waals surface area contributed by atoms with Gasteiger partial charge in [0.2, 0.25) is 0 Å². The highest BCUT2D eigenvalue weighted by Crippen LogP contribution is 2.22. The highest BCUT2D eigenvalue weighted by molar-refractivity contribution is 4.98. The summed E-state index contributed by atoms with van der Waals surface area (Å²) in [5, 5.41) is 32.3. The molecule has 0 aromatic carbocycles. The zero-order valence-corrected chi connectivity index (χ0v) is 12.3. The minimum Gasteiger partial charge on any atom is -0.394 e. The molecule has 6 nitrogen and oxygen atoms in total. The number of aliphatic hydroxyl groups excluding tert-OH is 3. The zero-order valence-electron chi connectivity index (χ0n) is 12.3. The fraction of sp³-hybridized carbons (Fsp3) is 0.857. The smallest absolute Gasteiger partial charge is 0.175 e. The van der Waals surface area contributed by atoms with E-state index in [1.165, 1.54) is 0 Å². The molecule has 5 atom stereocenters. The quantitative estimate of drug-likeness (QED) is 0.365. The third-order valence-electron chi connectivity index (χ3n) is 3.30. The summed E-state index contributed by atoms with van der Waals surface area (Å²) in [6.07, 6.45) is -1.86. The molecule has 4 N–H and O–H groups in total. The van der Waals surface area contributed by atoms with Crippen LogP contribution in [0.5, 0.6) is 0 Å². The molecular formula is C14H27NO5. The van der Waals surface area contributed by atoms with Crippen LogP contribution in [0, 0.1) is 0 Å². The maximum Gasteiger partial charge on any atom is 0.175 e. The van der Waals surface area contributed by atoms with Gasteiger partial charge in [-0.05, 0) is 13.3 Å². The van der Waals surface area contributed by atoms with Crippen molar-refractivity contribution < 1.29 is 24.8 Å². The Kier molecular flexibility index (Phi) is 7.65. The van der Waals surface area contributed by atoms with Crippen LogP contribution in [0.25, 0.3) is 0 Å². The second-order valence-corrected chi connectivity index (χ2v) is 5.29. The van der Waals surface area contributed by atoms with Gasteiger partial charge >= 0.3 is 0 Å². The molecule has 1 rings (SSSR count). The molecule has 0 saturated carbocycles. The van der Waals surface area contributed by atoms with Gasteiger partial charge in [-0.15, -0.1) is 0 Å². The Labute approximate surface area is 120 Å². The van der Waals surface area contributed by atoms with Crippen LogP contribution in [-0.2, 0) is 9.47 Å². The topological polar surface area (TPSA) is 91.2 Å². The lowest BCUT2D eigenvalue weighted by atomic mass is 9.97. The van der Waals surface area contributed by atoms with Crippen LogP contribution in [0.2, 0.25) is 0 Å². The Morgan fingerprint density at radius 2 is 2.05 bits per heavy atom. The lowest BCUT2D eigenvalue weighted by Crippen LogP contribution is -2.64. The van der Waals surface area contributed by atoms with Gasteiger partial charge in [0.15, 0.2) is 6.29 Å². The second kappa shape index (κ2) is 8.71. The first-order chi connectivity index (χ1) is 9.51. The number of nitrogens with one attached hydrogen (secondary N) is 1. The Morgan fingerprint density at radius 3 is 2.60 bits per heavy atom. The van der Waals surface area contributed by atoms with Crippen LogP contribution in [0.3, 0.4) is 0 Å². The van der Waals surface area contributed by atoms with Crippen LogP contribution >= 0.6 is 0 Å². The van der Waals surface area contributed by atoms with Crippen molar-refractivity contribution in [3.05, 3.63) is 12.2 Å². The Balaban J connectivity index is 2.68. The number of hydrogen-bond donors (Lipinski definition) is 4. The van der Waals surface area contributed by atoms with Crippen LogP contribution in [0.1, 0.15) is 26.7 Å². The molecular weight excluding hydrogens is 262 g/mol. The van der Waals surface area contributed by atoms with E-state index in [2.05, 4.69) is 18.8 Å². The lowest BCUT2D eigenvalue weighted by Gasteiger charge is -2.42. The number of unbranched alkanes of at least 4 members (excludes halogenated alkanes) is 1. The molecule has 1 saturated heterocycles. The van der Waals surface area contributed by atoms with Crippen molar-refractivity contribution in [3.63, 3.8) is 0 Å². The summed E-state index contributed by atoms with van der Waals surface area (Å²) in [5.74, 6) is 0. The summed E-state index contributed by atoms with van der Waals surface area (Å²) >= 11 is 0. The van der Waals surface area contributed by atoms with E-state index in [0.29, 0.717) is 13.2 Å². The molecule has 20 heavy (non-hydrogen) atoms. The van der Waals surface area contributed by atoms with Crippen LogP contribution in [0.15, 0.2) is 12.2 Å². The molecule has 0 unspecified atom stereocenters. The molecule has 1 fully saturated rings. The molecule has 0 bridgehead atoms. The first-order valence-corrected chi connectivity index (χ1v) is 7.13. The van der Waals surface area contributed by atoms with Gasteiger partial charge in [-0.2, -0.15) is 0 Å². The van der Waals surface area contributed by atoms with Gasteiger partial charge in [-0.1, -0.05) is 25.5 Å². The molecule has 0 radical (unpaired) electrons. The van der Waals surface area contributed by atoms with Gasteiger partial charge in [-0.3, -0.25) is 0 Å². The van der Waals surface area contributed by atoms with Gasteiger partial charge in [0.1, 0.15) is 18.3 Å². The van der Waals surface area contributed by atoms with Crippen LogP contribution in [0.4, 0.5) is 0 Å². The molecule has 0 aromatic rings. The van der Waals surface area contributed by atoms with Gasteiger partial charge in [0.05, 0.1) is 12.6 Å².